The van der Waals surface area contributed by atoms with E-state index in [1.807, 2.05) is 45.9 Å². The highest BCUT2D eigenvalue weighted by atomic mass is 32.2. The molecule has 2 aromatic rings. The number of carbonyl (C=O) groups is 1. The topological polar surface area (TPSA) is 139 Å². The Morgan fingerprint density at radius 3 is 2.68 bits per heavy atom. The number of amides is 1. The lowest BCUT2D eigenvalue weighted by Crippen LogP contribution is -2.40. The Kier molecular flexibility index (Phi) is 9.31. The lowest BCUT2D eigenvalue weighted by atomic mass is 10.1. The molecule has 0 atom stereocenters. The minimum Gasteiger partial charge on any atom is -0.384 e. The molecule has 0 saturated heterocycles. The van der Waals surface area contributed by atoms with E-state index in [0.717, 1.165) is 16.7 Å². The van der Waals surface area contributed by atoms with Gasteiger partial charge in [-0.05, 0) is 57.0 Å². The fourth-order valence-corrected chi connectivity index (χ4v) is 4.84. The molecule has 0 spiro atoms. The van der Waals surface area contributed by atoms with Crippen LogP contribution in [0.4, 0.5) is 0 Å². The van der Waals surface area contributed by atoms with Gasteiger partial charge >= 0.3 is 0 Å². The van der Waals surface area contributed by atoms with E-state index in [9.17, 15) is 13.2 Å². The Morgan fingerprint density at radius 1 is 1.19 bits per heavy atom. The van der Waals surface area contributed by atoms with Crippen molar-refractivity contribution in [3.63, 3.8) is 0 Å². The van der Waals surface area contributed by atoms with E-state index in [-0.39, 0.29) is 30.5 Å². The van der Waals surface area contributed by atoms with Crippen LogP contribution in [0.1, 0.15) is 34.1 Å². The zero-order chi connectivity index (χ0) is 27.0. The summed E-state index contributed by atoms with van der Waals surface area (Å²) in [6.07, 6.45) is 7.56. The van der Waals surface area contributed by atoms with Gasteiger partial charge in [-0.1, -0.05) is 31.2 Å². The molecule has 1 aliphatic heterocycles. The van der Waals surface area contributed by atoms with E-state index in [1.54, 1.807) is 35.4 Å². The molecule has 0 aliphatic carbocycles. The van der Waals surface area contributed by atoms with Gasteiger partial charge < -0.3 is 16.0 Å². The molecule has 0 radical (unpaired) electrons. The molecule has 2 heterocycles. The van der Waals surface area contributed by atoms with Crippen molar-refractivity contribution in [2.45, 2.75) is 39.0 Å². The number of nitrogens with zero attached hydrogens (tertiary/aromatic N) is 2. The normalized spacial score (nSPS) is 14.7. The maximum atomic E-state index is 13.4. The van der Waals surface area contributed by atoms with E-state index >= 15 is 0 Å². The molecule has 0 saturated carbocycles. The lowest BCUT2D eigenvalue weighted by Gasteiger charge is -2.32. The lowest BCUT2D eigenvalue weighted by molar-refractivity contribution is -0.121. The number of hydroxylamine groups is 1. The summed E-state index contributed by atoms with van der Waals surface area (Å²) in [4.78, 5) is 24.1. The number of pyridine rings is 1. The third-order valence-corrected chi connectivity index (χ3v) is 6.96. The van der Waals surface area contributed by atoms with Gasteiger partial charge in [0.15, 0.2) is 0 Å². The number of hydrogen-bond donors (Lipinski definition) is 4. The number of allylic oxidation sites excluding steroid dienone is 5. The van der Waals surface area contributed by atoms with Crippen LogP contribution in [0.25, 0.3) is 10.9 Å². The second-order valence-electron chi connectivity index (χ2n) is 8.62. The Hall–Kier alpha value is -3.83. The van der Waals surface area contributed by atoms with Crippen LogP contribution in [0.5, 0.6) is 0 Å². The molecule has 1 aliphatic rings. The molecule has 1 aromatic heterocycles. The third kappa shape index (κ3) is 7.11. The number of fused-ring (bicyclic) bond motifs is 1. The highest BCUT2D eigenvalue weighted by Gasteiger charge is 2.26. The fourth-order valence-electron chi connectivity index (χ4n) is 3.59. The second-order valence-corrected chi connectivity index (χ2v) is 10.3. The van der Waals surface area contributed by atoms with Gasteiger partial charge in [0.2, 0.25) is 5.91 Å². The first-order valence-electron chi connectivity index (χ1n) is 11.9. The zero-order valence-electron chi connectivity index (χ0n) is 21.5. The van der Waals surface area contributed by atoms with E-state index < -0.39 is 10.0 Å². The van der Waals surface area contributed by atoms with Gasteiger partial charge in [-0.15, -0.1) is 0 Å². The summed E-state index contributed by atoms with van der Waals surface area (Å²) < 4.78 is 29.5. The molecular formula is C26H34N6O4S. The third-order valence-electron chi connectivity index (χ3n) is 5.56. The van der Waals surface area contributed by atoms with Crippen LogP contribution in [-0.4, -0.2) is 43.9 Å². The SMILES string of the molecule is CC/C=C1\C(NS(=O)(=O)c2cccc3cccnc23)=CC=C(C)N1CC(=O)NCCONC(N)=C(C)C. The Morgan fingerprint density at radius 2 is 1.95 bits per heavy atom. The minimum atomic E-state index is -3.96. The first-order valence-corrected chi connectivity index (χ1v) is 13.4. The molecule has 1 aromatic carbocycles. The predicted molar refractivity (Wildman–Crippen MR) is 144 cm³/mol. The Balaban J connectivity index is 1.72. The number of nitrogens with two attached hydrogens (primary N) is 1. The quantitative estimate of drug-likeness (QED) is 0.259. The number of benzene rings is 1. The Labute approximate surface area is 218 Å². The average Bonchev–Trinajstić information content (AvgIpc) is 2.87. The molecular weight excluding hydrogens is 492 g/mol. The zero-order valence-corrected chi connectivity index (χ0v) is 22.4. The summed E-state index contributed by atoms with van der Waals surface area (Å²) in [7, 11) is -3.96. The summed E-state index contributed by atoms with van der Waals surface area (Å²) in [5.74, 6) is 0.187. The summed E-state index contributed by atoms with van der Waals surface area (Å²) in [5, 5.41) is 3.53. The van der Waals surface area contributed by atoms with Crippen LogP contribution in [-0.2, 0) is 19.7 Å². The van der Waals surface area contributed by atoms with Crippen LogP contribution < -0.4 is 21.3 Å². The predicted octanol–water partition coefficient (Wildman–Crippen LogP) is 2.76. The van der Waals surface area contributed by atoms with Gasteiger partial charge in [0, 0.05) is 23.8 Å². The van der Waals surface area contributed by atoms with Gasteiger partial charge in [-0.25, -0.2) is 8.42 Å². The van der Waals surface area contributed by atoms with Gasteiger partial charge in [0.05, 0.1) is 23.5 Å². The van der Waals surface area contributed by atoms with Crippen LogP contribution >= 0.6 is 0 Å². The van der Waals surface area contributed by atoms with E-state index in [0.29, 0.717) is 29.2 Å². The monoisotopic (exact) mass is 526 g/mol. The van der Waals surface area contributed by atoms with Gasteiger partial charge in [0.25, 0.3) is 10.0 Å². The summed E-state index contributed by atoms with van der Waals surface area (Å²) in [6, 6.07) is 8.60. The minimum absolute atomic E-state index is 0.00654. The molecule has 0 unspecified atom stereocenters. The standard InChI is InChI=1S/C26H34N6O4S/c1-5-8-22-21(31-37(34,35)23-11-6-9-20-10-7-14-29-25(20)23)13-12-19(4)32(22)17-24(33)28-15-16-36-30-26(27)18(2)3/h6-14,30-31H,5,15-17,27H2,1-4H3,(H,28,33)/b22-8+. The number of sulfonamides is 1. The summed E-state index contributed by atoms with van der Waals surface area (Å²) in [5.41, 5.74) is 11.4. The van der Waals surface area contributed by atoms with Crippen molar-refractivity contribution in [3.8, 4) is 0 Å². The number of hydrogen-bond acceptors (Lipinski definition) is 8. The van der Waals surface area contributed by atoms with Gasteiger partial charge in [0.1, 0.15) is 17.3 Å². The van der Waals surface area contributed by atoms with Crippen LogP contribution in [0.2, 0.25) is 0 Å². The number of para-hydroxylation sites is 1. The highest BCUT2D eigenvalue weighted by molar-refractivity contribution is 7.89. The van der Waals surface area contributed by atoms with Crippen LogP contribution in [0.15, 0.2) is 88.1 Å². The van der Waals surface area contributed by atoms with E-state index in [4.69, 9.17) is 10.6 Å². The van der Waals surface area contributed by atoms with Crippen molar-refractivity contribution in [2.75, 3.05) is 19.7 Å². The number of rotatable bonds is 11. The molecule has 5 N–H and O–H groups in total. The Bertz CT molecular complexity index is 1370. The number of carbonyl (C=O) groups excluding carboxylic acids is 1. The van der Waals surface area contributed by atoms with Gasteiger partial charge in [-0.2, -0.15) is 0 Å². The molecule has 0 fully saturated rings. The smallest absolute Gasteiger partial charge is 0.264 e. The maximum absolute atomic E-state index is 13.4. The molecule has 0 bridgehead atoms. The second kappa shape index (κ2) is 12.4. The van der Waals surface area contributed by atoms with Crippen molar-refractivity contribution in [3.05, 3.63) is 83.2 Å². The fraction of sp³-hybridized carbons (Fsp3) is 0.308. The van der Waals surface area contributed by atoms with Crippen molar-refractivity contribution >= 4 is 26.8 Å². The highest BCUT2D eigenvalue weighted by Crippen LogP contribution is 2.27. The summed E-state index contributed by atoms with van der Waals surface area (Å²) >= 11 is 0. The first kappa shape index (κ1) is 27.8. The molecule has 198 valence electrons. The average molecular weight is 527 g/mol. The van der Waals surface area contributed by atoms with Crippen molar-refractivity contribution in [1.82, 2.24) is 25.4 Å². The van der Waals surface area contributed by atoms with E-state index in [1.165, 1.54) is 6.07 Å². The number of nitrogens with one attached hydrogen (secondary N) is 3. The maximum Gasteiger partial charge on any atom is 0.264 e. The molecule has 10 nitrogen and oxygen atoms in total. The van der Waals surface area contributed by atoms with Crippen molar-refractivity contribution < 1.29 is 18.0 Å². The van der Waals surface area contributed by atoms with Crippen molar-refractivity contribution in [1.29, 1.82) is 0 Å². The van der Waals surface area contributed by atoms with Crippen LogP contribution in [0, 0.1) is 0 Å². The van der Waals surface area contributed by atoms with E-state index in [2.05, 4.69) is 20.5 Å². The summed E-state index contributed by atoms with van der Waals surface area (Å²) in [6.45, 7) is 8.01. The largest absolute Gasteiger partial charge is 0.384 e. The molecule has 37 heavy (non-hydrogen) atoms. The van der Waals surface area contributed by atoms with Crippen LogP contribution in [0.3, 0.4) is 0 Å². The molecule has 3 rings (SSSR count). The first-order chi connectivity index (χ1) is 17.6. The van der Waals surface area contributed by atoms with Gasteiger partial charge in [-0.3, -0.25) is 24.8 Å². The molecule has 1 amide bonds. The molecule has 11 heteroatoms. The van der Waals surface area contributed by atoms with Crippen molar-refractivity contribution in [2.24, 2.45) is 5.73 Å². The number of aromatic nitrogens is 1.